The van der Waals surface area contributed by atoms with Crippen LogP contribution < -0.4 is 5.73 Å². The minimum absolute atomic E-state index is 0.224. The Morgan fingerprint density at radius 3 is 2.40 bits per heavy atom. The average Bonchev–Trinajstić information content (AvgIpc) is 2.82. The van der Waals surface area contributed by atoms with E-state index in [-0.39, 0.29) is 5.54 Å². The van der Waals surface area contributed by atoms with Crippen molar-refractivity contribution in [3.63, 3.8) is 0 Å². The Morgan fingerprint density at radius 2 is 2.00 bits per heavy atom. The first-order valence-corrected chi connectivity index (χ1v) is 7.30. The van der Waals surface area contributed by atoms with Gasteiger partial charge in [-0.2, -0.15) is 0 Å². The molecular formula is C10H12BrNO2S. The minimum Gasteiger partial charge on any atom is -0.321 e. The van der Waals surface area contributed by atoms with Crippen molar-refractivity contribution in [2.24, 2.45) is 5.73 Å². The van der Waals surface area contributed by atoms with E-state index in [1.54, 1.807) is 12.1 Å². The van der Waals surface area contributed by atoms with Crippen LogP contribution in [0.25, 0.3) is 0 Å². The van der Waals surface area contributed by atoms with Gasteiger partial charge in [0.05, 0.1) is 4.90 Å². The number of rotatable bonds is 2. The van der Waals surface area contributed by atoms with Gasteiger partial charge in [0.15, 0.2) is 9.84 Å². The first-order chi connectivity index (χ1) is 6.83. The van der Waals surface area contributed by atoms with Crippen LogP contribution in [0.1, 0.15) is 18.4 Å². The number of hydrogen-bond acceptors (Lipinski definition) is 3. The number of halogens is 1. The summed E-state index contributed by atoms with van der Waals surface area (Å²) in [5, 5.41) is 0. The molecule has 2 rings (SSSR count). The zero-order valence-corrected chi connectivity index (χ0v) is 10.7. The second kappa shape index (κ2) is 3.30. The van der Waals surface area contributed by atoms with Crippen molar-refractivity contribution in [3.8, 4) is 0 Å². The van der Waals surface area contributed by atoms with Gasteiger partial charge in [0.25, 0.3) is 0 Å². The first-order valence-electron chi connectivity index (χ1n) is 4.62. The van der Waals surface area contributed by atoms with Crippen LogP contribution in [0.2, 0.25) is 0 Å². The largest absolute Gasteiger partial charge is 0.321 e. The third kappa shape index (κ3) is 2.09. The molecule has 1 aromatic carbocycles. The van der Waals surface area contributed by atoms with Crippen molar-refractivity contribution in [1.82, 2.24) is 0 Å². The van der Waals surface area contributed by atoms with Crippen LogP contribution in [0.5, 0.6) is 0 Å². The maximum absolute atomic E-state index is 11.4. The molecule has 1 saturated carbocycles. The zero-order valence-electron chi connectivity index (χ0n) is 8.33. The Hall–Kier alpha value is -0.390. The molecule has 5 heteroatoms. The molecule has 0 bridgehead atoms. The highest BCUT2D eigenvalue weighted by molar-refractivity contribution is 9.10. The van der Waals surface area contributed by atoms with Crippen LogP contribution in [0.4, 0.5) is 0 Å². The minimum atomic E-state index is -3.16. The summed E-state index contributed by atoms with van der Waals surface area (Å²) >= 11 is 3.27. The molecule has 0 aliphatic heterocycles. The van der Waals surface area contributed by atoms with Crippen LogP contribution in [-0.4, -0.2) is 14.7 Å². The molecule has 0 radical (unpaired) electrons. The van der Waals surface area contributed by atoms with Gasteiger partial charge in [-0.15, -0.1) is 0 Å². The highest BCUT2D eigenvalue weighted by Crippen LogP contribution is 2.43. The monoisotopic (exact) mass is 289 g/mol. The highest BCUT2D eigenvalue weighted by atomic mass is 79.9. The van der Waals surface area contributed by atoms with Gasteiger partial charge in [-0.05, 0) is 46.5 Å². The predicted molar refractivity (Wildman–Crippen MR) is 62.4 cm³/mol. The molecule has 82 valence electrons. The molecule has 0 atom stereocenters. The molecule has 15 heavy (non-hydrogen) atoms. The summed E-state index contributed by atoms with van der Waals surface area (Å²) in [7, 11) is -3.16. The summed E-state index contributed by atoms with van der Waals surface area (Å²) in [5.41, 5.74) is 6.80. The molecule has 0 aromatic heterocycles. The summed E-state index contributed by atoms with van der Waals surface area (Å²) in [6.07, 6.45) is 3.14. The van der Waals surface area contributed by atoms with Crippen LogP contribution in [-0.2, 0) is 15.4 Å². The van der Waals surface area contributed by atoms with Crippen molar-refractivity contribution in [1.29, 1.82) is 0 Å². The second-order valence-corrected chi connectivity index (χ2v) is 6.91. The fourth-order valence-electron chi connectivity index (χ4n) is 1.53. The molecule has 0 spiro atoms. The van der Waals surface area contributed by atoms with Gasteiger partial charge in [-0.1, -0.05) is 6.07 Å². The van der Waals surface area contributed by atoms with Gasteiger partial charge in [-0.25, -0.2) is 8.42 Å². The van der Waals surface area contributed by atoms with E-state index in [0.717, 1.165) is 18.4 Å². The van der Waals surface area contributed by atoms with Crippen LogP contribution in [0.15, 0.2) is 27.6 Å². The summed E-state index contributed by atoms with van der Waals surface area (Å²) in [4.78, 5) is 0.315. The summed E-state index contributed by atoms with van der Waals surface area (Å²) < 4.78 is 23.3. The smallest absolute Gasteiger partial charge is 0.176 e. The third-order valence-electron chi connectivity index (χ3n) is 2.69. The molecule has 0 heterocycles. The van der Waals surface area contributed by atoms with Crippen molar-refractivity contribution in [3.05, 3.63) is 28.2 Å². The van der Waals surface area contributed by atoms with Gasteiger partial charge in [-0.3, -0.25) is 0 Å². The molecule has 1 fully saturated rings. The SMILES string of the molecule is CS(=O)(=O)c1ccc(C2(N)CC2)cc1Br. The fraction of sp³-hybridized carbons (Fsp3) is 0.400. The van der Waals surface area contributed by atoms with E-state index in [0.29, 0.717) is 9.37 Å². The van der Waals surface area contributed by atoms with Gasteiger partial charge >= 0.3 is 0 Å². The topological polar surface area (TPSA) is 60.2 Å². The van der Waals surface area contributed by atoms with E-state index in [1.807, 2.05) is 6.07 Å². The number of sulfone groups is 1. The Kier molecular flexibility index (Phi) is 2.44. The van der Waals surface area contributed by atoms with Crippen molar-refractivity contribution < 1.29 is 8.42 Å². The Balaban J connectivity index is 2.49. The number of nitrogens with two attached hydrogens (primary N) is 1. The van der Waals surface area contributed by atoms with Gasteiger partial charge in [0.1, 0.15) is 0 Å². The molecule has 2 N–H and O–H groups in total. The van der Waals surface area contributed by atoms with Crippen LogP contribution in [0, 0.1) is 0 Å². The van der Waals surface area contributed by atoms with E-state index in [1.165, 1.54) is 6.26 Å². The van der Waals surface area contributed by atoms with Gasteiger partial charge in [0, 0.05) is 16.3 Å². The van der Waals surface area contributed by atoms with Gasteiger partial charge in [0.2, 0.25) is 0 Å². The maximum Gasteiger partial charge on any atom is 0.176 e. The van der Waals surface area contributed by atoms with Gasteiger partial charge < -0.3 is 5.73 Å². The summed E-state index contributed by atoms with van der Waals surface area (Å²) in [6.45, 7) is 0. The lowest BCUT2D eigenvalue weighted by atomic mass is 10.1. The van der Waals surface area contributed by atoms with Crippen LogP contribution >= 0.6 is 15.9 Å². The Morgan fingerprint density at radius 1 is 1.40 bits per heavy atom. The standard InChI is InChI=1S/C10H12BrNO2S/c1-15(13,14)9-3-2-7(6-8(9)11)10(12)4-5-10/h2-3,6H,4-5,12H2,1H3. The molecular weight excluding hydrogens is 278 g/mol. The Bertz CT molecular complexity index is 506. The molecule has 1 aliphatic carbocycles. The Labute approximate surface area is 97.7 Å². The van der Waals surface area contributed by atoms with E-state index in [2.05, 4.69) is 15.9 Å². The van der Waals surface area contributed by atoms with Crippen molar-refractivity contribution in [2.75, 3.05) is 6.26 Å². The lowest BCUT2D eigenvalue weighted by Crippen LogP contribution is -2.18. The van der Waals surface area contributed by atoms with E-state index < -0.39 is 9.84 Å². The summed E-state index contributed by atoms with van der Waals surface area (Å²) in [5.74, 6) is 0. The molecule has 1 aromatic rings. The van der Waals surface area contributed by atoms with Crippen LogP contribution in [0.3, 0.4) is 0 Å². The highest BCUT2D eigenvalue weighted by Gasteiger charge is 2.40. The van der Waals surface area contributed by atoms with E-state index in [9.17, 15) is 8.42 Å². The second-order valence-electron chi connectivity index (χ2n) is 4.07. The van der Waals surface area contributed by atoms with Crippen molar-refractivity contribution in [2.45, 2.75) is 23.3 Å². The average molecular weight is 290 g/mol. The summed E-state index contributed by atoms with van der Waals surface area (Å²) in [6, 6.07) is 5.22. The molecule has 3 nitrogen and oxygen atoms in total. The maximum atomic E-state index is 11.4. The lowest BCUT2D eigenvalue weighted by molar-refractivity contribution is 0.601. The molecule has 0 unspecified atom stereocenters. The predicted octanol–water partition coefficient (Wildman–Crippen LogP) is 1.80. The zero-order chi connectivity index (χ0) is 11.3. The first kappa shape index (κ1) is 11.1. The third-order valence-corrected chi connectivity index (χ3v) is 4.77. The molecule has 1 aliphatic rings. The normalized spacial score (nSPS) is 18.9. The fourth-order valence-corrected chi connectivity index (χ4v) is 3.52. The quantitative estimate of drug-likeness (QED) is 0.903. The number of hydrogen-bond donors (Lipinski definition) is 1. The van der Waals surface area contributed by atoms with E-state index in [4.69, 9.17) is 5.73 Å². The lowest BCUT2D eigenvalue weighted by Gasteiger charge is -2.11. The number of benzene rings is 1. The van der Waals surface area contributed by atoms with E-state index >= 15 is 0 Å². The molecule has 0 saturated heterocycles. The molecule has 0 amide bonds. The van der Waals surface area contributed by atoms with Crippen molar-refractivity contribution >= 4 is 25.8 Å².